The van der Waals surface area contributed by atoms with Crippen LogP contribution in [-0.4, -0.2) is 0 Å². The number of fused-ring (bicyclic) bond motifs is 8. The second kappa shape index (κ2) is 13.4. The zero-order valence-electron chi connectivity index (χ0n) is 31.8. The van der Waals surface area contributed by atoms with Crippen LogP contribution in [0.4, 0.5) is 17.6 Å². The Hall–Kier alpha value is -7.30. The third-order valence-electron chi connectivity index (χ3n) is 11.9. The van der Waals surface area contributed by atoms with Crippen LogP contribution in [0.25, 0.3) is 109 Å². The lowest BCUT2D eigenvalue weighted by Gasteiger charge is -2.22. The number of hydrogen-bond donors (Lipinski definition) is 0. The smallest absolute Gasteiger partial charge is 0.194 e. The fraction of sp³-hybridized carbons (Fsp3) is 0.0182. The van der Waals surface area contributed by atoms with Gasteiger partial charge in [-0.15, -0.1) is 0 Å². The molecule has 0 bridgehead atoms. The first-order chi connectivity index (χ1) is 28.8. The zero-order chi connectivity index (χ0) is 39.9. The molecule has 0 aliphatic rings. The van der Waals surface area contributed by atoms with E-state index in [-0.39, 0.29) is 11.4 Å². The highest BCUT2D eigenvalue weighted by Gasteiger charge is 2.23. The second-order valence-corrected chi connectivity index (χ2v) is 15.4. The summed E-state index contributed by atoms with van der Waals surface area (Å²) in [4.78, 5) is 0. The number of hydrogen-bond acceptors (Lipinski definition) is 0. The monoisotopic (exact) mass is 768 g/mol. The molecule has 0 N–H and O–H groups in total. The van der Waals surface area contributed by atoms with Crippen molar-refractivity contribution >= 4 is 64.6 Å². The van der Waals surface area contributed by atoms with Crippen LogP contribution in [0.2, 0.25) is 0 Å². The predicted octanol–water partition coefficient (Wildman–Crippen LogP) is 16.1. The van der Waals surface area contributed by atoms with E-state index in [1.165, 1.54) is 11.6 Å². The number of rotatable bonds is 4. The highest BCUT2D eigenvalue weighted by Crippen LogP contribution is 2.50. The van der Waals surface area contributed by atoms with E-state index in [9.17, 15) is 13.2 Å². The van der Waals surface area contributed by atoms with Gasteiger partial charge in [0.05, 0.1) is 0 Å². The van der Waals surface area contributed by atoms with Gasteiger partial charge >= 0.3 is 0 Å². The summed E-state index contributed by atoms with van der Waals surface area (Å²) in [5.41, 5.74) is 7.87. The molecule has 0 spiro atoms. The van der Waals surface area contributed by atoms with Gasteiger partial charge < -0.3 is 0 Å². The summed E-state index contributed by atoms with van der Waals surface area (Å²) < 4.78 is 59.1. The molecule has 0 aliphatic carbocycles. The molecular formula is C55H32F4. The standard InChI is InChI=1S/C55H32F4/c1-31-14-16-32(17-15-31)33-18-21-45-49(25-33)53(47-27-35-8-2-3-9-39(35)41-10-4-6-12-43(41)47)46-22-19-34(36-29-51(57)55(59)52(58)30-36)26-50(46)54(45)48-28-37-24-38(56)20-23-40(37)42-11-5-7-13-44(42)48/h2-30H,1H3. The summed E-state index contributed by atoms with van der Waals surface area (Å²) in [7, 11) is 0. The van der Waals surface area contributed by atoms with E-state index in [1.54, 1.807) is 6.07 Å². The van der Waals surface area contributed by atoms with E-state index in [0.717, 1.165) is 110 Å². The van der Waals surface area contributed by atoms with Gasteiger partial charge in [0.15, 0.2) is 17.5 Å². The van der Waals surface area contributed by atoms with E-state index in [2.05, 4.69) is 122 Å². The minimum Gasteiger partial charge on any atom is -0.207 e. The SMILES string of the molecule is Cc1ccc(-c2ccc3c(-c4cc5cc(F)ccc5c5ccccc45)c4cc(-c5cc(F)c(F)c(F)c5)ccc4c(-c4cc5ccccc5c5ccccc45)c3c2)cc1. The maximum absolute atomic E-state index is 15.0. The van der Waals surface area contributed by atoms with Crippen molar-refractivity contribution in [3.8, 4) is 44.5 Å². The fourth-order valence-corrected chi connectivity index (χ4v) is 9.19. The number of aryl methyl sites for hydroxylation is 1. The molecule has 0 saturated carbocycles. The van der Waals surface area contributed by atoms with Gasteiger partial charge in [-0.05, 0) is 165 Å². The van der Waals surface area contributed by atoms with Gasteiger partial charge in [-0.25, -0.2) is 17.6 Å². The minimum atomic E-state index is -1.51. The lowest BCUT2D eigenvalue weighted by Crippen LogP contribution is -1.96. The number of benzene rings is 11. The van der Waals surface area contributed by atoms with Gasteiger partial charge in [0.1, 0.15) is 5.82 Å². The summed E-state index contributed by atoms with van der Waals surface area (Å²) in [6.07, 6.45) is 0. The van der Waals surface area contributed by atoms with Gasteiger partial charge in [0, 0.05) is 0 Å². The molecule has 0 atom stereocenters. The molecule has 11 rings (SSSR count). The quantitative estimate of drug-likeness (QED) is 0.0724. The van der Waals surface area contributed by atoms with Gasteiger partial charge in [0.2, 0.25) is 0 Å². The van der Waals surface area contributed by atoms with Crippen LogP contribution in [-0.2, 0) is 0 Å². The maximum atomic E-state index is 15.0. The molecule has 0 aliphatic heterocycles. The van der Waals surface area contributed by atoms with E-state index in [4.69, 9.17) is 0 Å². The van der Waals surface area contributed by atoms with E-state index in [1.807, 2.05) is 36.4 Å². The van der Waals surface area contributed by atoms with Crippen molar-refractivity contribution in [3.63, 3.8) is 0 Å². The highest BCUT2D eigenvalue weighted by atomic mass is 19.2. The molecule has 0 radical (unpaired) electrons. The number of halogens is 4. The summed E-state index contributed by atoms with van der Waals surface area (Å²) in [5, 5.41) is 11.8. The molecule has 280 valence electrons. The summed E-state index contributed by atoms with van der Waals surface area (Å²) in [6, 6.07) is 57.2. The first-order valence-electron chi connectivity index (χ1n) is 19.6. The molecular weight excluding hydrogens is 737 g/mol. The van der Waals surface area contributed by atoms with Crippen LogP contribution in [0.3, 0.4) is 0 Å². The Morgan fingerprint density at radius 3 is 1.36 bits per heavy atom. The molecule has 0 fully saturated rings. The van der Waals surface area contributed by atoms with Crippen LogP contribution < -0.4 is 0 Å². The second-order valence-electron chi connectivity index (χ2n) is 15.4. The average Bonchev–Trinajstić information content (AvgIpc) is 3.26. The Kier molecular flexibility index (Phi) is 7.92. The Labute approximate surface area is 337 Å². The Morgan fingerprint density at radius 1 is 0.305 bits per heavy atom. The van der Waals surface area contributed by atoms with Gasteiger partial charge in [-0.2, -0.15) is 0 Å². The summed E-state index contributed by atoms with van der Waals surface area (Å²) in [5.74, 6) is -4.36. The topological polar surface area (TPSA) is 0 Å². The predicted molar refractivity (Wildman–Crippen MR) is 238 cm³/mol. The van der Waals surface area contributed by atoms with Crippen molar-refractivity contribution in [2.45, 2.75) is 6.92 Å². The highest BCUT2D eigenvalue weighted by molar-refractivity contribution is 6.29. The van der Waals surface area contributed by atoms with E-state index in [0.29, 0.717) is 5.56 Å². The van der Waals surface area contributed by atoms with E-state index >= 15 is 4.39 Å². The van der Waals surface area contributed by atoms with Crippen LogP contribution in [0.5, 0.6) is 0 Å². The third-order valence-corrected chi connectivity index (χ3v) is 11.9. The van der Waals surface area contributed by atoms with Crippen LogP contribution in [0.1, 0.15) is 5.56 Å². The molecule has 11 aromatic carbocycles. The van der Waals surface area contributed by atoms with Crippen molar-refractivity contribution in [1.82, 2.24) is 0 Å². The molecule has 59 heavy (non-hydrogen) atoms. The lowest BCUT2D eigenvalue weighted by atomic mass is 9.81. The third kappa shape index (κ3) is 5.59. The van der Waals surface area contributed by atoms with Gasteiger partial charge in [-0.1, -0.05) is 133 Å². The fourth-order valence-electron chi connectivity index (χ4n) is 9.19. The molecule has 11 aromatic rings. The first-order valence-corrected chi connectivity index (χ1v) is 19.6. The summed E-state index contributed by atoms with van der Waals surface area (Å²) in [6.45, 7) is 2.08. The Balaban J connectivity index is 1.36. The zero-order valence-corrected chi connectivity index (χ0v) is 31.8. The van der Waals surface area contributed by atoms with Crippen molar-refractivity contribution < 1.29 is 17.6 Å². The van der Waals surface area contributed by atoms with E-state index < -0.39 is 17.5 Å². The Morgan fingerprint density at radius 2 is 0.763 bits per heavy atom. The van der Waals surface area contributed by atoms with Crippen molar-refractivity contribution in [1.29, 1.82) is 0 Å². The molecule has 0 aromatic heterocycles. The molecule has 0 nitrogen and oxygen atoms in total. The molecule has 0 heterocycles. The molecule has 0 amide bonds. The average molecular weight is 769 g/mol. The molecule has 0 saturated heterocycles. The normalized spacial score (nSPS) is 11.8. The lowest BCUT2D eigenvalue weighted by molar-refractivity contribution is 0.448. The molecule has 4 heteroatoms. The van der Waals surface area contributed by atoms with Crippen LogP contribution in [0.15, 0.2) is 176 Å². The van der Waals surface area contributed by atoms with Gasteiger partial charge in [-0.3, -0.25) is 0 Å². The molecule has 0 unspecified atom stereocenters. The summed E-state index contributed by atoms with van der Waals surface area (Å²) >= 11 is 0. The van der Waals surface area contributed by atoms with Crippen molar-refractivity contribution in [3.05, 3.63) is 205 Å². The Bertz CT molecular complexity index is 3520. The minimum absolute atomic E-state index is 0.215. The van der Waals surface area contributed by atoms with Crippen LogP contribution >= 0.6 is 0 Å². The maximum Gasteiger partial charge on any atom is 0.194 e. The first kappa shape index (κ1) is 34.9. The van der Waals surface area contributed by atoms with Crippen molar-refractivity contribution in [2.75, 3.05) is 0 Å². The van der Waals surface area contributed by atoms with Gasteiger partial charge in [0.25, 0.3) is 0 Å². The van der Waals surface area contributed by atoms with Crippen LogP contribution in [0, 0.1) is 30.2 Å². The largest absolute Gasteiger partial charge is 0.207 e. The van der Waals surface area contributed by atoms with Crippen molar-refractivity contribution in [2.24, 2.45) is 0 Å².